The number of nitrogens with zero attached hydrogens (tertiary/aromatic N) is 1. The summed E-state index contributed by atoms with van der Waals surface area (Å²) in [6.45, 7) is -0.452. The number of carbonyl (C=O) groups excluding carboxylic acids is 4. The molecular formula is C18H13ClN2O5. The van der Waals surface area contributed by atoms with E-state index in [4.69, 9.17) is 11.6 Å². The van der Waals surface area contributed by atoms with Crippen LogP contribution in [-0.2, 0) is 9.53 Å². The molecule has 2 aromatic rings. The van der Waals surface area contributed by atoms with Crippen molar-refractivity contribution in [3.8, 4) is 0 Å². The Hall–Kier alpha value is -3.19. The van der Waals surface area contributed by atoms with E-state index >= 15 is 0 Å². The fourth-order valence-corrected chi connectivity index (χ4v) is 2.76. The zero-order chi connectivity index (χ0) is 18.8. The fourth-order valence-electron chi connectivity index (χ4n) is 2.59. The molecule has 0 aromatic heterocycles. The van der Waals surface area contributed by atoms with Crippen LogP contribution in [-0.4, -0.2) is 42.2 Å². The van der Waals surface area contributed by atoms with Crippen LogP contribution < -0.4 is 5.32 Å². The Labute approximate surface area is 153 Å². The van der Waals surface area contributed by atoms with Gasteiger partial charge in [0.1, 0.15) is 6.54 Å². The van der Waals surface area contributed by atoms with Gasteiger partial charge in [-0.1, -0.05) is 17.7 Å². The third-order valence-corrected chi connectivity index (χ3v) is 4.04. The van der Waals surface area contributed by atoms with Crippen molar-refractivity contribution in [2.45, 2.75) is 0 Å². The number of anilines is 1. The van der Waals surface area contributed by atoms with Gasteiger partial charge in [-0.15, -0.1) is 0 Å². The molecule has 0 atom stereocenters. The van der Waals surface area contributed by atoms with E-state index in [2.05, 4.69) is 10.1 Å². The molecule has 132 valence electrons. The van der Waals surface area contributed by atoms with Gasteiger partial charge in [0.25, 0.3) is 11.8 Å². The van der Waals surface area contributed by atoms with Gasteiger partial charge in [0.2, 0.25) is 5.91 Å². The molecule has 0 aliphatic carbocycles. The summed E-state index contributed by atoms with van der Waals surface area (Å²) in [6, 6.07) is 10.5. The second-order valence-corrected chi connectivity index (χ2v) is 5.94. The first-order valence-corrected chi connectivity index (χ1v) is 7.92. The van der Waals surface area contributed by atoms with E-state index in [0.717, 1.165) is 4.90 Å². The SMILES string of the molecule is COC(=O)c1cccc(NC(=O)CN2C(=O)c3ccc(Cl)cc3C2=O)c1. The van der Waals surface area contributed by atoms with Crippen molar-refractivity contribution in [2.75, 3.05) is 19.0 Å². The number of halogens is 1. The second kappa shape index (κ2) is 6.97. The van der Waals surface area contributed by atoms with Gasteiger partial charge in [0.05, 0.1) is 23.8 Å². The lowest BCUT2D eigenvalue weighted by atomic mass is 10.1. The maximum atomic E-state index is 12.3. The van der Waals surface area contributed by atoms with Gasteiger partial charge >= 0.3 is 5.97 Å². The molecule has 3 rings (SSSR count). The Bertz CT molecular complexity index is 941. The van der Waals surface area contributed by atoms with E-state index in [0.29, 0.717) is 10.7 Å². The average Bonchev–Trinajstić information content (AvgIpc) is 2.85. The van der Waals surface area contributed by atoms with E-state index < -0.39 is 30.2 Å². The maximum absolute atomic E-state index is 12.3. The summed E-state index contributed by atoms with van der Waals surface area (Å²) in [5.74, 6) is -2.25. The molecule has 0 fully saturated rings. The second-order valence-electron chi connectivity index (χ2n) is 5.51. The molecule has 0 bridgehead atoms. The van der Waals surface area contributed by atoms with Crippen molar-refractivity contribution < 1.29 is 23.9 Å². The van der Waals surface area contributed by atoms with Gasteiger partial charge in [0, 0.05) is 10.7 Å². The predicted molar refractivity (Wildman–Crippen MR) is 93.2 cm³/mol. The third kappa shape index (κ3) is 3.29. The number of nitrogens with one attached hydrogen (secondary N) is 1. The zero-order valence-corrected chi connectivity index (χ0v) is 14.4. The topological polar surface area (TPSA) is 92.8 Å². The highest BCUT2D eigenvalue weighted by Gasteiger charge is 2.36. The molecular weight excluding hydrogens is 360 g/mol. The summed E-state index contributed by atoms with van der Waals surface area (Å²) in [5, 5.41) is 2.88. The quantitative estimate of drug-likeness (QED) is 0.657. The van der Waals surface area contributed by atoms with Gasteiger partial charge in [-0.25, -0.2) is 4.79 Å². The Balaban J connectivity index is 1.72. The van der Waals surface area contributed by atoms with Crippen LogP contribution in [0.2, 0.25) is 5.02 Å². The number of hydrogen-bond donors (Lipinski definition) is 1. The normalized spacial score (nSPS) is 12.8. The molecule has 0 saturated carbocycles. The van der Waals surface area contributed by atoms with E-state index in [1.165, 1.54) is 37.4 Å². The molecule has 0 spiro atoms. The van der Waals surface area contributed by atoms with Crippen molar-refractivity contribution >= 4 is 41.0 Å². The number of carbonyl (C=O) groups is 4. The summed E-state index contributed by atoms with van der Waals surface area (Å²) in [5.41, 5.74) is 0.987. The van der Waals surface area contributed by atoms with E-state index in [1.54, 1.807) is 12.1 Å². The highest BCUT2D eigenvalue weighted by atomic mass is 35.5. The average molecular weight is 373 g/mol. The van der Waals surface area contributed by atoms with Crippen LogP contribution in [0.3, 0.4) is 0 Å². The molecule has 1 N–H and O–H groups in total. The van der Waals surface area contributed by atoms with Gasteiger partial charge in [-0.05, 0) is 36.4 Å². The van der Waals surface area contributed by atoms with Crippen LogP contribution in [0.4, 0.5) is 5.69 Å². The van der Waals surface area contributed by atoms with Gasteiger partial charge in [0.15, 0.2) is 0 Å². The molecule has 3 amide bonds. The lowest BCUT2D eigenvalue weighted by molar-refractivity contribution is -0.116. The predicted octanol–water partition coefficient (Wildman–Crippen LogP) is 2.36. The van der Waals surface area contributed by atoms with E-state index in [1.807, 2.05) is 0 Å². The molecule has 2 aromatic carbocycles. The van der Waals surface area contributed by atoms with E-state index in [-0.39, 0.29) is 16.7 Å². The Morgan fingerprint density at radius 1 is 1.08 bits per heavy atom. The summed E-state index contributed by atoms with van der Waals surface area (Å²) in [7, 11) is 1.25. The molecule has 26 heavy (non-hydrogen) atoms. The van der Waals surface area contributed by atoms with Crippen LogP contribution in [0.5, 0.6) is 0 Å². The number of fused-ring (bicyclic) bond motifs is 1. The number of ether oxygens (including phenoxy) is 1. The summed E-state index contributed by atoms with van der Waals surface area (Å²) >= 11 is 5.85. The lowest BCUT2D eigenvalue weighted by Crippen LogP contribution is -2.37. The minimum atomic E-state index is -0.578. The van der Waals surface area contributed by atoms with Crippen LogP contribution in [0.15, 0.2) is 42.5 Å². The Kier molecular flexibility index (Phi) is 4.73. The number of amides is 3. The van der Waals surface area contributed by atoms with Gasteiger partial charge in [-0.2, -0.15) is 0 Å². The lowest BCUT2D eigenvalue weighted by Gasteiger charge is -2.14. The van der Waals surface area contributed by atoms with Crippen molar-refractivity contribution in [1.29, 1.82) is 0 Å². The van der Waals surface area contributed by atoms with Crippen LogP contribution in [0.25, 0.3) is 0 Å². The van der Waals surface area contributed by atoms with Crippen molar-refractivity contribution in [3.63, 3.8) is 0 Å². The molecule has 0 saturated heterocycles. The number of benzene rings is 2. The standard InChI is InChI=1S/C18H13ClN2O5/c1-26-18(25)10-3-2-4-12(7-10)20-15(22)9-21-16(23)13-6-5-11(19)8-14(13)17(21)24/h2-8H,9H2,1H3,(H,20,22). The van der Waals surface area contributed by atoms with Crippen LogP contribution in [0.1, 0.15) is 31.1 Å². The Morgan fingerprint density at radius 2 is 1.81 bits per heavy atom. The van der Waals surface area contributed by atoms with Gasteiger partial charge in [-0.3, -0.25) is 19.3 Å². The highest BCUT2D eigenvalue weighted by Crippen LogP contribution is 2.25. The summed E-state index contributed by atoms with van der Waals surface area (Å²) < 4.78 is 4.62. The Morgan fingerprint density at radius 3 is 2.54 bits per heavy atom. The summed E-state index contributed by atoms with van der Waals surface area (Å²) in [4.78, 5) is 49.2. The van der Waals surface area contributed by atoms with Crippen molar-refractivity contribution in [3.05, 3.63) is 64.2 Å². The molecule has 0 unspecified atom stereocenters. The number of rotatable bonds is 4. The van der Waals surface area contributed by atoms with Crippen molar-refractivity contribution in [2.24, 2.45) is 0 Å². The van der Waals surface area contributed by atoms with Gasteiger partial charge < -0.3 is 10.1 Å². The molecule has 1 heterocycles. The third-order valence-electron chi connectivity index (χ3n) is 3.80. The molecule has 1 aliphatic heterocycles. The first kappa shape index (κ1) is 17.6. The zero-order valence-electron chi connectivity index (χ0n) is 13.6. The first-order chi connectivity index (χ1) is 12.4. The monoisotopic (exact) mass is 372 g/mol. The number of hydrogen-bond acceptors (Lipinski definition) is 5. The minimum Gasteiger partial charge on any atom is -0.465 e. The maximum Gasteiger partial charge on any atom is 0.337 e. The molecule has 7 nitrogen and oxygen atoms in total. The number of imide groups is 1. The van der Waals surface area contributed by atoms with Crippen molar-refractivity contribution in [1.82, 2.24) is 4.90 Å². The molecule has 0 radical (unpaired) electrons. The first-order valence-electron chi connectivity index (χ1n) is 7.54. The van der Waals surface area contributed by atoms with E-state index in [9.17, 15) is 19.2 Å². The van der Waals surface area contributed by atoms with Crippen LogP contribution in [0, 0.1) is 0 Å². The number of methoxy groups -OCH3 is 1. The largest absolute Gasteiger partial charge is 0.465 e. The summed E-state index contributed by atoms with van der Waals surface area (Å²) in [6.07, 6.45) is 0. The number of esters is 1. The highest BCUT2D eigenvalue weighted by molar-refractivity contribution is 6.32. The van der Waals surface area contributed by atoms with Crippen LogP contribution >= 0.6 is 11.6 Å². The fraction of sp³-hybridized carbons (Fsp3) is 0.111. The molecule has 8 heteroatoms. The molecule has 1 aliphatic rings. The minimum absolute atomic E-state index is 0.169. The smallest absolute Gasteiger partial charge is 0.337 e.